The summed E-state index contributed by atoms with van der Waals surface area (Å²) in [5.74, 6) is 2.07. The van der Waals surface area contributed by atoms with Crippen molar-refractivity contribution >= 4 is 44.1 Å². The summed E-state index contributed by atoms with van der Waals surface area (Å²) in [6.45, 7) is 27.9. The average molecular weight is 1600 g/mol. The van der Waals surface area contributed by atoms with Gasteiger partial charge in [0, 0.05) is 26.2 Å². The van der Waals surface area contributed by atoms with Crippen LogP contribution in [0.2, 0.25) is 0 Å². The fourth-order valence-corrected chi connectivity index (χ4v) is 15.5. The van der Waals surface area contributed by atoms with Crippen LogP contribution in [0.5, 0.6) is 0 Å². The highest BCUT2D eigenvalue weighted by Gasteiger charge is 2.25. The molecule has 4 N–H and O–H groups in total. The maximum atomic E-state index is 12.4. The molecule has 0 amide bonds. The van der Waals surface area contributed by atoms with E-state index in [-0.39, 0.29) is 28.7 Å². The highest BCUT2D eigenvalue weighted by Crippen LogP contribution is 2.31. The first-order valence-corrected chi connectivity index (χ1v) is 41.3. The molecule has 0 spiro atoms. The predicted molar refractivity (Wildman–Crippen MR) is 472 cm³/mol. The number of rotatable bonds is 23. The Labute approximate surface area is 688 Å². The first-order valence-electron chi connectivity index (χ1n) is 41.3. The molecule has 8 aliphatic heterocycles. The number of nitrogens with zero attached hydrogens (tertiary/aromatic N) is 12. The second kappa shape index (κ2) is 37.4. The monoisotopic (exact) mass is 1590 g/mol. The molecule has 0 saturated carbocycles. The molecule has 0 aromatic heterocycles. The third kappa shape index (κ3) is 19.8. The molecule has 8 aliphatic rings. The zero-order valence-electron chi connectivity index (χ0n) is 69.8. The summed E-state index contributed by atoms with van der Waals surface area (Å²) < 4.78 is 7.90. The second-order valence-corrected chi connectivity index (χ2v) is 31.5. The van der Waals surface area contributed by atoms with Gasteiger partial charge in [-0.25, -0.2) is 39.1 Å². The summed E-state index contributed by atoms with van der Waals surface area (Å²) in [4.78, 5) is 141. The summed E-state index contributed by atoms with van der Waals surface area (Å²) in [6.07, 6.45) is 12.1. The van der Waals surface area contributed by atoms with E-state index in [0.717, 1.165) is 139 Å². The smallest absolute Gasteiger partial charge is 0.322 e. The summed E-state index contributed by atoms with van der Waals surface area (Å²) in [5.41, 5.74) is 20.0. The maximum Gasteiger partial charge on any atom is 0.349 e. The van der Waals surface area contributed by atoms with Gasteiger partial charge in [-0.1, -0.05) is 186 Å². The van der Waals surface area contributed by atoms with Gasteiger partial charge in [-0.3, -0.25) is 39.1 Å². The first-order chi connectivity index (χ1) is 57.3. The van der Waals surface area contributed by atoms with Gasteiger partial charge >= 0.3 is 22.8 Å². The van der Waals surface area contributed by atoms with Gasteiger partial charge in [-0.05, 0) is 228 Å². The molecule has 8 aromatic rings. The first kappa shape index (κ1) is 83.8. The van der Waals surface area contributed by atoms with Gasteiger partial charge in [0.25, 0.3) is 22.2 Å². The summed E-state index contributed by atoms with van der Waals surface area (Å²) in [7, 11) is 0. The Morgan fingerprint density at radius 2 is 0.664 bits per heavy atom. The molecule has 16 rings (SSSR count). The Morgan fingerprint density at radius 3 is 1.06 bits per heavy atom. The van der Waals surface area contributed by atoms with Crippen molar-refractivity contribution in [2.75, 3.05) is 0 Å². The van der Waals surface area contributed by atoms with E-state index in [9.17, 15) is 38.4 Å². The molecule has 0 radical (unpaired) electrons. The predicted octanol–water partition coefficient (Wildman–Crippen LogP) is 14.9. The normalized spacial score (nSPS) is 12.0. The van der Waals surface area contributed by atoms with Crippen molar-refractivity contribution in [1.29, 1.82) is 0 Å². The summed E-state index contributed by atoms with van der Waals surface area (Å²) in [5, 5.41) is 0. The number of H-pyrrole nitrogens is 4. The Balaban J connectivity index is 0.000000137. The minimum atomic E-state index is -0.642. The van der Waals surface area contributed by atoms with Crippen LogP contribution in [-0.2, 0) is 71.1 Å². The maximum absolute atomic E-state index is 12.4. The van der Waals surface area contributed by atoms with Crippen molar-refractivity contribution in [2.45, 2.75) is 199 Å². The number of nitrogens with one attached hydrogen (secondary N) is 4. The van der Waals surface area contributed by atoms with Crippen LogP contribution < -0.4 is 45.0 Å². The lowest BCUT2D eigenvalue weighted by molar-refractivity contribution is 0.485. The molecule has 119 heavy (non-hydrogen) atoms. The van der Waals surface area contributed by atoms with Gasteiger partial charge in [0.15, 0.2) is 46.1 Å². The van der Waals surface area contributed by atoms with E-state index in [0.29, 0.717) is 55.4 Å². The third-order valence-corrected chi connectivity index (χ3v) is 22.2. The molecule has 24 heteroatoms. The van der Waals surface area contributed by atoms with Crippen LogP contribution in [0.15, 0.2) is 196 Å². The van der Waals surface area contributed by atoms with Crippen molar-refractivity contribution in [2.24, 2.45) is 5.92 Å². The standard InChI is InChI=1S/3C24H26N4O2.C23H24N4O2/c1-4-16(3)18-11-12-20-19(14-18)25-21-22(26-24(30)27-23(21)29)28(20)13-5-6-17-9-7-15(2)8-10-17;1-4-6-18-14-20-19(13-16(18)3)25-21-22(26-24(30)27-23(21)29)28(20)12-5-7-17-10-8-15(2)9-11-17;1-4-5-17-10-11-20-19(13-17)25-21-22(26-24(30)27-23(21)29)28(20)14-16(3)12-18-8-6-15(2)7-9-18;1-4-17-13-19-18(12-15(17)3)24-20-21(25-23(29)26-22(20)28)27(19)11-5-6-16-9-7-14(2)8-10-16/h7-12,14,16H,4-6,13H2,1-3H3,(H,27,29,30);8-11,13-14H,4-7,12H2,1-3H3,(H,27,29,30);6-11,13,16H,4-5,12,14H2,1-3H3,(H,27,29,30);7-10,12-13H,4-6,11H2,1-3H3,(H,26,28,29). The van der Waals surface area contributed by atoms with E-state index in [1.165, 1.54) is 66.8 Å². The van der Waals surface area contributed by atoms with E-state index in [2.05, 4.69) is 264 Å². The molecule has 0 fully saturated rings. The van der Waals surface area contributed by atoms with Crippen LogP contribution in [0, 0.1) is 47.5 Å². The highest BCUT2D eigenvalue weighted by atomic mass is 16.2. The number of fused-ring (bicyclic) bond motifs is 8. The minimum Gasteiger partial charge on any atom is -0.322 e. The summed E-state index contributed by atoms with van der Waals surface area (Å²) >= 11 is 0. The van der Waals surface area contributed by atoms with Crippen molar-refractivity contribution in [3.63, 3.8) is 0 Å². The SMILES string of the molecule is CCC(C)c1ccc2c(c1)nc1c(=O)[nH]c(=O)nc-1n2CCCc1ccc(C)cc1.CCCc1cc2c(cc1C)nc1c(=O)[nH]c(=O)nc-1n2CCCc1ccc(C)cc1.CCCc1ccc2c(c1)nc1c(=O)[nH]c(=O)nc-1n2CC(C)Cc1ccc(C)cc1.CCc1cc2c(cc1C)nc1c(=O)[nH]c(=O)nc-1n2CCCc1ccc(C)cc1. The van der Waals surface area contributed by atoms with Gasteiger partial charge in [0.05, 0.1) is 44.1 Å². The van der Waals surface area contributed by atoms with Gasteiger partial charge in [0.2, 0.25) is 0 Å². The Kier molecular flexibility index (Phi) is 26.4. The molecular formula is C95H102N16O8. The van der Waals surface area contributed by atoms with E-state index in [4.69, 9.17) is 0 Å². The molecule has 2 unspecified atom stereocenters. The van der Waals surface area contributed by atoms with Gasteiger partial charge in [0.1, 0.15) is 0 Å². The van der Waals surface area contributed by atoms with E-state index in [1.807, 2.05) is 54.7 Å². The average Bonchev–Trinajstić information content (AvgIpc) is 0.771. The number of aromatic amines is 4. The summed E-state index contributed by atoms with van der Waals surface area (Å²) in [6, 6.07) is 54.7. The zero-order valence-corrected chi connectivity index (χ0v) is 69.8. The third-order valence-electron chi connectivity index (χ3n) is 22.2. The number of aryl methyl sites for hydroxylation is 15. The molecule has 0 bridgehead atoms. The van der Waals surface area contributed by atoms with Crippen LogP contribution in [-0.4, -0.2) is 78.1 Å². The molecule has 2 atom stereocenters. The zero-order chi connectivity index (χ0) is 84.3. The molecule has 8 heterocycles. The van der Waals surface area contributed by atoms with E-state index in [1.54, 1.807) is 0 Å². The number of hydrogen-bond acceptors (Lipinski definition) is 16. The fraction of sp³-hybridized carbons (Fsp3) is 0.326. The highest BCUT2D eigenvalue weighted by molar-refractivity contribution is 5.84. The fourth-order valence-electron chi connectivity index (χ4n) is 15.5. The van der Waals surface area contributed by atoms with Crippen molar-refractivity contribution in [3.05, 3.63) is 319 Å². The van der Waals surface area contributed by atoms with Crippen molar-refractivity contribution in [3.8, 4) is 46.1 Å². The van der Waals surface area contributed by atoms with E-state index >= 15 is 0 Å². The van der Waals surface area contributed by atoms with Crippen LogP contribution in [0.3, 0.4) is 0 Å². The van der Waals surface area contributed by atoms with Crippen LogP contribution >= 0.6 is 0 Å². The molecular weight excluding hydrogens is 1490 g/mol. The van der Waals surface area contributed by atoms with Crippen molar-refractivity contribution < 1.29 is 0 Å². The number of hydrogen-bond donors (Lipinski definition) is 4. The lowest BCUT2D eigenvalue weighted by Gasteiger charge is -2.20. The van der Waals surface area contributed by atoms with Gasteiger partial charge in [-0.2, -0.15) is 19.9 Å². The number of benzene rings is 8. The van der Waals surface area contributed by atoms with Crippen LogP contribution in [0.4, 0.5) is 0 Å². The topological polar surface area (TPSA) is 323 Å². The second-order valence-electron chi connectivity index (χ2n) is 31.5. The largest absolute Gasteiger partial charge is 0.349 e. The quantitative estimate of drug-likeness (QED) is 0.0432. The number of aromatic nitrogens is 16. The Bertz CT molecular complexity index is 6710. The molecule has 24 nitrogen and oxygen atoms in total. The van der Waals surface area contributed by atoms with Gasteiger partial charge < -0.3 is 18.3 Å². The van der Waals surface area contributed by atoms with Gasteiger partial charge in [-0.15, -0.1) is 0 Å². The van der Waals surface area contributed by atoms with Crippen LogP contribution in [0.25, 0.3) is 90.2 Å². The Hall–Kier alpha value is -13.1. The molecule has 0 aliphatic carbocycles. The molecule has 0 saturated heterocycles. The molecule has 8 aromatic carbocycles. The van der Waals surface area contributed by atoms with E-state index < -0.39 is 45.0 Å². The Morgan fingerprint density at radius 1 is 0.328 bits per heavy atom. The van der Waals surface area contributed by atoms with Crippen LogP contribution in [0.1, 0.15) is 164 Å². The molecule has 610 valence electrons. The minimum absolute atomic E-state index is 0.205. The van der Waals surface area contributed by atoms with Crippen molar-refractivity contribution in [1.82, 2.24) is 78.1 Å². The lowest BCUT2D eigenvalue weighted by atomic mass is 9.98. The lowest BCUT2D eigenvalue weighted by Crippen LogP contribution is -2.29.